The predicted octanol–water partition coefficient (Wildman–Crippen LogP) is -0.396. The Kier molecular flexibility index (Phi) is 5.82. The second kappa shape index (κ2) is 6.33. The first-order chi connectivity index (χ1) is 6.45. The second-order valence-corrected chi connectivity index (χ2v) is 2.51. The summed E-state index contributed by atoms with van der Waals surface area (Å²) in [4.78, 5) is 40.9. The molecule has 0 aliphatic heterocycles. The van der Waals surface area contributed by atoms with Crippen LogP contribution in [0.3, 0.4) is 0 Å². The lowest BCUT2D eigenvalue weighted by Crippen LogP contribution is -2.19. The number of ether oxygens (including phenoxy) is 2. The van der Waals surface area contributed by atoms with Crippen molar-refractivity contribution < 1.29 is 28.7 Å². The SMILES string of the molecule is O=C(Cl)C(=O)OCCOC(=O)C(=O)Cl. The molecule has 0 rings (SSSR count). The average Bonchev–Trinajstić information content (AvgIpc) is 2.11. The van der Waals surface area contributed by atoms with Crippen LogP contribution in [0.25, 0.3) is 0 Å². The fourth-order valence-electron chi connectivity index (χ4n) is 0.382. The lowest BCUT2D eigenvalue weighted by Gasteiger charge is -2.01. The van der Waals surface area contributed by atoms with Gasteiger partial charge in [-0.3, -0.25) is 9.59 Å². The summed E-state index contributed by atoms with van der Waals surface area (Å²) in [5.74, 6) is -2.53. The molecule has 78 valence electrons. The first-order valence-corrected chi connectivity index (χ1v) is 3.94. The van der Waals surface area contributed by atoms with Crippen molar-refractivity contribution in [3.63, 3.8) is 0 Å². The van der Waals surface area contributed by atoms with Crippen LogP contribution < -0.4 is 0 Å². The summed E-state index contributed by atoms with van der Waals surface area (Å²) in [7, 11) is 0. The summed E-state index contributed by atoms with van der Waals surface area (Å²) in [6, 6.07) is 0. The van der Waals surface area contributed by atoms with Gasteiger partial charge in [-0.15, -0.1) is 0 Å². The quantitative estimate of drug-likeness (QED) is 0.282. The van der Waals surface area contributed by atoms with E-state index >= 15 is 0 Å². The van der Waals surface area contributed by atoms with Gasteiger partial charge in [-0.2, -0.15) is 0 Å². The van der Waals surface area contributed by atoms with E-state index in [4.69, 9.17) is 23.2 Å². The fraction of sp³-hybridized carbons (Fsp3) is 0.333. The highest BCUT2D eigenvalue weighted by Gasteiger charge is 2.13. The molecule has 0 aromatic heterocycles. The van der Waals surface area contributed by atoms with Crippen molar-refractivity contribution in [2.24, 2.45) is 0 Å². The smallest absolute Gasteiger partial charge is 0.391 e. The fourth-order valence-corrected chi connectivity index (χ4v) is 0.491. The topological polar surface area (TPSA) is 86.7 Å². The van der Waals surface area contributed by atoms with Gasteiger partial charge in [-0.05, 0) is 23.2 Å². The van der Waals surface area contributed by atoms with Crippen molar-refractivity contribution >= 4 is 45.6 Å². The van der Waals surface area contributed by atoms with Crippen LogP contribution in [0.4, 0.5) is 0 Å². The van der Waals surface area contributed by atoms with Crippen LogP contribution in [0.1, 0.15) is 0 Å². The molecule has 0 aliphatic rings. The van der Waals surface area contributed by atoms with Gasteiger partial charge in [-0.1, -0.05) is 0 Å². The summed E-state index contributed by atoms with van der Waals surface area (Å²) in [5, 5.41) is -2.57. The number of hydrogen-bond donors (Lipinski definition) is 0. The lowest BCUT2D eigenvalue weighted by atomic mass is 10.7. The third-order valence-corrected chi connectivity index (χ3v) is 1.18. The number of hydrogen-bond acceptors (Lipinski definition) is 6. The van der Waals surface area contributed by atoms with E-state index in [1.165, 1.54) is 0 Å². The zero-order chi connectivity index (χ0) is 11.1. The van der Waals surface area contributed by atoms with Gasteiger partial charge in [0.05, 0.1) is 0 Å². The van der Waals surface area contributed by atoms with Crippen LogP contribution in [-0.2, 0) is 28.7 Å². The molecule has 0 aromatic carbocycles. The van der Waals surface area contributed by atoms with Crippen LogP contribution in [0.15, 0.2) is 0 Å². The molecule has 0 unspecified atom stereocenters. The van der Waals surface area contributed by atoms with Gasteiger partial charge >= 0.3 is 22.4 Å². The van der Waals surface area contributed by atoms with Crippen LogP contribution in [0.2, 0.25) is 0 Å². The second-order valence-electron chi connectivity index (χ2n) is 1.82. The maximum Gasteiger partial charge on any atom is 0.391 e. The Hall–Kier alpha value is -1.14. The molecule has 8 heteroatoms. The van der Waals surface area contributed by atoms with Crippen molar-refractivity contribution in [1.29, 1.82) is 0 Å². The molecule has 14 heavy (non-hydrogen) atoms. The van der Waals surface area contributed by atoms with Gasteiger partial charge in [0.15, 0.2) is 0 Å². The van der Waals surface area contributed by atoms with Gasteiger partial charge in [0.25, 0.3) is 0 Å². The van der Waals surface area contributed by atoms with Crippen LogP contribution in [0.5, 0.6) is 0 Å². The predicted molar refractivity (Wildman–Crippen MR) is 43.6 cm³/mol. The normalized spacial score (nSPS) is 9.00. The molecule has 0 spiro atoms. The summed E-state index contributed by atoms with van der Waals surface area (Å²) in [6.07, 6.45) is 0. The number of carbonyl (C=O) groups is 4. The van der Waals surface area contributed by atoms with Crippen LogP contribution in [0, 0.1) is 0 Å². The Labute approximate surface area is 88.0 Å². The Morgan fingerprint density at radius 1 is 0.786 bits per heavy atom. The van der Waals surface area contributed by atoms with Crippen LogP contribution >= 0.6 is 23.2 Å². The van der Waals surface area contributed by atoms with Gasteiger partial charge < -0.3 is 9.47 Å². The Bertz CT molecular complexity index is 245. The highest BCUT2D eigenvalue weighted by molar-refractivity contribution is 6.80. The van der Waals surface area contributed by atoms with Crippen molar-refractivity contribution in [2.45, 2.75) is 0 Å². The van der Waals surface area contributed by atoms with Gasteiger partial charge in [0, 0.05) is 0 Å². The molecule has 0 saturated carbocycles. The molecular formula is C6H4Cl2O6. The zero-order valence-electron chi connectivity index (χ0n) is 6.62. The van der Waals surface area contributed by atoms with Crippen molar-refractivity contribution in [3.05, 3.63) is 0 Å². The summed E-state index contributed by atoms with van der Waals surface area (Å²) in [6.45, 7) is -0.763. The van der Waals surface area contributed by atoms with E-state index in [2.05, 4.69) is 9.47 Å². The molecule has 0 saturated heterocycles. The molecule has 0 radical (unpaired) electrons. The number of halogens is 2. The van der Waals surface area contributed by atoms with E-state index in [0.29, 0.717) is 0 Å². The Morgan fingerprint density at radius 3 is 1.29 bits per heavy atom. The number of esters is 2. The highest BCUT2D eigenvalue weighted by Crippen LogP contribution is 1.89. The average molecular weight is 243 g/mol. The number of rotatable bonds is 5. The minimum absolute atomic E-state index is 0.382. The van der Waals surface area contributed by atoms with E-state index in [1.807, 2.05) is 0 Å². The molecule has 0 amide bonds. The van der Waals surface area contributed by atoms with Gasteiger partial charge in [-0.25, -0.2) is 9.59 Å². The summed E-state index contributed by atoms with van der Waals surface area (Å²) < 4.78 is 8.36. The van der Waals surface area contributed by atoms with Crippen LogP contribution in [-0.4, -0.2) is 35.6 Å². The molecule has 6 nitrogen and oxygen atoms in total. The first kappa shape index (κ1) is 12.9. The van der Waals surface area contributed by atoms with E-state index in [1.54, 1.807) is 0 Å². The molecule has 0 aromatic rings. The van der Waals surface area contributed by atoms with Gasteiger partial charge in [0.1, 0.15) is 13.2 Å². The molecule has 0 bridgehead atoms. The molecule has 0 atom stereocenters. The number of carbonyl (C=O) groups excluding carboxylic acids is 4. The third kappa shape index (κ3) is 5.50. The zero-order valence-corrected chi connectivity index (χ0v) is 8.13. The minimum atomic E-state index is -1.29. The Balaban J connectivity index is 3.57. The third-order valence-electron chi connectivity index (χ3n) is 0.871. The standard InChI is InChI=1S/C6H4Cl2O6/c7-3(9)5(11)13-1-2-14-6(12)4(8)10/h1-2H2. The molecule has 0 aliphatic carbocycles. The summed E-state index contributed by atoms with van der Waals surface area (Å²) >= 11 is 9.45. The summed E-state index contributed by atoms with van der Waals surface area (Å²) in [5.41, 5.74) is 0. The Morgan fingerprint density at radius 2 is 1.07 bits per heavy atom. The van der Waals surface area contributed by atoms with E-state index in [-0.39, 0.29) is 13.2 Å². The van der Waals surface area contributed by atoms with E-state index < -0.39 is 22.4 Å². The maximum absolute atomic E-state index is 10.4. The monoisotopic (exact) mass is 242 g/mol. The van der Waals surface area contributed by atoms with E-state index in [9.17, 15) is 19.2 Å². The van der Waals surface area contributed by atoms with Crippen molar-refractivity contribution in [2.75, 3.05) is 13.2 Å². The highest BCUT2D eigenvalue weighted by atomic mass is 35.5. The van der Waals surface area contributed by atoms with Crippen molar-refractivity contribution in [3.8, 4) is 0 Å². The van der Waals surface area contributed by atoms with Crippen molar-refractivity contribution in [1.82, 2.24) is 0 Å². The van der Waals surface area contributed by atoms with E-state index in [0.717, 1.165) is 0 Å². The molecule has 0 heterocycles. The maximum atomic E-state index is 10.4. The molecule has 0 N–H and O–H groups in total. The first-order valence-electron chi connectivity index (χ1n) is 3.18. The molecular weight excluding hydrogens is 239 g/mol. The lowest BCUT2D eigenvalue weighted by molar-refractivity contribution is -0.156. The largest absolute Gasteiger partial charge is 0.455 e. The minimum Gasteiger partial charge on any atom is -0.455 e. The van der Waals surface area contributed by atoms with Gasteiger partial charge in [0.2, 0.25) is 0 Å². The molecule has 0 fully saturated rings.